The lowest BCUT2D eigenvalue weighted by atomic mass is 9.88. The number of morpholine rings is 1. The molecule has 0 amide bonds. The van der Waals surface area contributed by atoms with E-state index in [2.05, 4.69) is 31.0 Å². The fourth-order valence-electron chi connectivity index (χ4n) is 3.60. The molecule has 1 aliphatic carbocycles. The summed E-state index contributed by atoms with van der Waals surface area (Å²) in [6.07, 6.45) is 7.53. The van der Waals surface area contributed by atoms with Crippen molar-refractivity contribution in [3.8, 4) is 0 Å². The molecule has 2 aliphatic rings. The van der Waals surface area contributed by atoms with E-state index in [4.69, 9.17) is 4.74 Å². The van der Waals surface area contributed by atoms with Gasteiger partial charge >= 0.3 is 0 Å². The third-order valence-corrected chi connectivity index (χ3v) is 4.30. The first-order valence-corrected chi connectivity index (χ1v) is 7.83. The molecule has 1 aliphatic heterocycles. The van der Waals surface area contributed by atoms with Gasteiger partial charge in [0.15, 0.2) is 0 Å². The first-order valence-electron chi connectivity index (χ1n) is 7.83. The van der Waals surface area contributed by atoms with Gasteiger partial charge in [-0.05, 0) is 39.7 Å². The van der Waals surface area contributed by atoms with Crippen LogP contribution in [-0.2, 0) is 4.74 Å². The van der Waals surface area contributed by atoms with Crippen LogP contribution in [0.15, 0.2) is 0 Å². The van der Waals surface area contributed by atoms with Crippen LogP contribution in [0.25, 0.3) is 0 Å². The van der Waals surface area contributed by atoms with Gasteiger partial charge in [-0.25, -0.2) is 0 Å². The van der Waals surface area contributed by atoms with Crippen molar-refractivity contribution in [1.29, 1.82) is 0 Å². The Labute approximate surface area is 112 Å². The van der Waals surface area contributed by atoms with Gasteiger partial charge in [-0.15, -0.1) is 0 Å². The fraction of sp³-hybridized carbons (Fsp3) is 1.00. The Hall–Kier alpha value is -0.120. The highest BCUT2D eigenvalue weighted by Crippen LogP contribution is 2.26. The second-order valence-electron chi connectivity index (χ2n) is 6.12. The van der Waals surface area contributed by atoms with Gasteiger partial charge in [-0.2, -0.15) is 0 Å². The van der Waals surface area contributed by atoms with Gasteiger partial charge in [0.25, 0.3) is 0 Å². The Balaban J connectivity index is 1.94. The van der Waals surface area contributed by atoms with Crippen LogP contribution in [0.3, 0.4) is 0 Å². The number of nitrogens with one attached hydrogen (secondary N) is 1. The largest absolute Gasteiger partial charge is 0.373 e. The van der Waals surface area contributed by atoms with Gasteiger partial charge in [-0.1, -0.05) is 19.8 Å². The molecule has 0 aromatic carbocycles. The molecule has 4 atom stereocenters. The van der Waals surface area contributed by atoms with Gasteiger partial charge in [0, 0.05) is 25.2 Å². The van der Waals surface area contributed by atoms with Crippen LogP contribution in [0.4, 0.5) is 0 Å². The highest BCUT2D eigenvalue weighted by molar-refractivity contribution is 4.90. The predicted octanol–water partition coefficient (Wildman–Crippen LogP) is 2.41. The Morgan fingerprint density at radius 3 is 2.44 bits per heavy atom. The molecule has 3 heteroatoms. The predicted molar refractivity (Wildman–Crippen MR) is 75.9 cm³/mol. The monoisotopic (exact) mass is 254 g/mol. The van der Waals surface area contributed by atoms with Gasteiger partial charge in [0.1, 0.15) is 0 Å². The summed E-state index contributed by atoms with van der Waals surface area (Å²) in [6.45, 7) is 10.1. The molecule has 1 N–H and O–H groups in total. The van der Waals surface area contributed by atoms with E-state index in [0.29, 0.717) is 18.2 Å². The van der Waals surface area contributed by atoms with Crippen molar-refractivity contribution in [3.63, 3.8) is 0 Å². The standard InChI is InChI=1S/C15H30N2O/c1-4-9-16-14-7-5-6-8-15(14)17-10-12(2)18-13(3)11-17/h12-16H,4-11H2,1-3H3. The van der Waals surface area contributed by atoms with Gasteiger partial charge < -0.3 is 10.1 Å². The van der Waals surface area contributed by atoms with Crippen LogP contribution in [-0.4, -0.2) is 48.8 Å². The second kappa shape index (κ2) is 6.88. The summed E-state index contributed by atoms with van der Waals surface area (Å²) in [4.78, 5) is 2.69. The quantitative estimate of drug-likeness (QED) is 0.834. The maximum atomic E-state index is 5.86. The molecule has 2 fully saturated rings. The summed E-state index contributed by atoms with van der Waals surface area (Å²) in [6, 6.07) is 1.44. The third-order valence-electron chi connectivity index (χ3n) is 4.30. The number of nitrogens with zero attached hydrogens (tertiary/aromatic N) is 1. The van der Waals surface area contributed by atoms with Crippen LogP contribution in [0.5, 0.6) is 0 Å². The molecule has 3 nitrogen and oxygen atoms in total. The molecule has 0 spiro atoms. The van der Waals surface area contributed by atoms with E-state index in [0.717, 1.165) is 25.7 Å². The van der Waals surface area contributed by atoms with Crippen LogP contribution in [0.1, 0.15) is 52.9 Å². The lowest BCUT2D eigenvalue weighted by Crippen LogP contribution is -2.57. The molecule has 0 aromatic rings. The lowest BCUT2D eigenvalue weighted by molar-refractivity contribution is -0.0878. The van der Waals surface area contributed by atoms with Crippen LogP contribution in [0.2, 0.25) is 0 Å². The zero-order valence-electron chi connectivity index (χ0n) is 12.3. The summed E-state index contributed by atoms with van der Waals surface area (Å²) in [5, 5.41) is 3.77. The molecule has 18 heavy (non-hydrogen) atoms. The normalized spacial score (nSPS) is 38.8. The topological polar surface area (TPSA) is 24.5 Å². The molecule has 1 saturated carbocycles. The van der Waals surface area contributed by atoms with Crippen LogP contribution >= 0.6 is 0 Å². The van der Waals surface area contributed by atoms with Gasteiger partial charge in [0.2, 0.25) is 0 Å². The third kappa shape index (κ3) is 3.69. The maximum Gasteiger partial charge on any atom is 0.0678 e. The van der Waals surface area contributed by atoms with Crippen molar-refractivity contribution in [1.82, 2.24) is 10.2 Å². The average Bonchev–Trinajstić information content (AvgIpc) is 2.35. The van der Waals surface area contributed by atoms with Crippen molar-refractivity contribution < 1.29 is 4.74 Å². The number of rotatable bonds is 4. The summed E-state index contributed by atoms with van der Waals surface area (Å²) < 4.78 is 5.86. The van der Waals surface area contributed by atoms with Crippen molar-refractivity contribution in [2.75, 3.05) is 19.6 Å². The minimum absolute atomic E-state index is 0.391. The molecular formula is C15H30N2O. The zero-order chi connectivity index (χ0) is 13.0. The maximum absolute atomic E-state index is 5.86. The van der Waals surface area contributed by atoms with Crippen LogP contribution < -0.4 is 5.32 Å². The van der Waals surface area contributed by atoms with E-state index < -0.39 is 0 Å². The molecule has 2 rings (SSSR count). The molecule has 1 saturated heterocycles. The minimum atomic E-state index is 0.391. The van der Waals surface area contributed by atoms with E-state index >= 15 is 0 Å². The molecule has 1 heterocycles. The first kappa shape index (κ1) is 14.3. The second-order valence-corrected chi connectivity index (χ2v) is 6.12. The first-order chi connectivity index (χ1) is 8.70. The smallest absolute Gasteiger partial charge is 0.0678 e. The van der Waals surface area contributed by atoms with E-state index in [-0.39, 0.29) is 0 Å². The van der Waals surface area contributed by atoms with Crippen molar-refractivity contribution in [2.24, 2.45) is 0 Å². The van der Waals surface area contributed by atoms with Crippen molar-refractivity contribution in [2.45, 2.75) is 77.2 Å². The van der Waals surface area contributed by atoms with Crippen molar-refractivity contribution in [3.05, 3.63) is 0 Å². The highest BCUT2D eigenvalue weighted by Gasteiger charge is 2.33. The Bertz CT molecular complexity index is 237. The molecular weight excluding hydrogens is 224 g/mol. The van der Waals surface area contributed by atoms with E-state index in [1.165, 1.54) is 32.1 Å². The molecule has 106 valence electrons. The Morgan fingerprint density at radius 2 is 1.78 bits per heavy atom. The number of ether oxygens (including phenoxy) is 1. The SMILES string of the molecule is CCCNC1CCCCC1N1CC(C)OC(C)C1. The summed E-state index contributed by atoms with van der Waals surface area (Å²) >= 11 is 0. The molecule has 4 unspecified atom stereocenters. The van der Waals surface area contributed by atoms with Crippen LogP contribution in [0, 0.1) is 0 Å². The minimum Gasteiger partial charge on any atom is -0.373 e. The van der Waals surface area contributed by atoms with Crippen molar-refractivity contribution >= 4 is 0 Å². The molecule has 0 radical (unpaired) electrons. The highest BCUT2D eigenvalue weighted by atomic mass is 16.5. The van der Waals surface area contributed by atoms with E-state index in [1.54, 1.807) is 0 Å². The summed E-state index contributed by atoms with van der Waals surface area (Å²) in [5.41, 5.74) is 0. The molecule has 0 bridgehead atoms. The number of hydrogen-bond acceptors (Lipinski definition) is 3. The fourth-order valence-corrected chi connectivity index (χ4v) is 3.60. The van der Waals surface area contributed by atoms with E-state index in [9.17, 15) is 0 Å². The average molecular weight is 254 g/mol. The zero-order valence-corrected chi connectivity index (χ0v) is 12.3. The van der Waals surface area contributed by atoms with E-state index in [1.807, 2.05) is 0 Å². The Morgan fingerprint density at radius 1 is 1.11 bits per heavy atom. The molecule has 0 aromatic heterocycles. The van der Waals surface area contributed by atoms with Gasteiger partial charge in [0.05, 0.1) is 12.2 Å². The lowest BCUT2D eigenvalue weighted by Gasteiger charge is -2.45. The van der Waals surface area contributed by atoms with Gasteiger partial charge in [-0.3, -0.25) is 4.90 Å². The summed E-state index contributed by atoms with van der Waals surface area (Å²) in [5.74, 6) is 0. The Kier molecular flexibility index (Phi) is 5.46. The number of hydrogen-bond donors (Lipinski definition) is 1. The summed E-state index contributed by atoms with van der Waals surface area (Å²) in [7, 11) is 0.